The van der Waals surface area contributed by atoms with Crippen molar-refractivity contribution in [2.75, 3.05) is 39.6 Å². The van der Waals surface area contributed by atoms with Gasteiger partial charge in [-0.25, -0.2) is 4.98 Å². The molecule has 6 rings (SSSR count). The number of nitrogens with one attached hydrogen (secondary N) is 2. The van der Waals surface area contributed by atoms with Crippen molar-refractivity contribution in [3.63, 3.8) is 0 Å². The lowest BCUT2D eigenvalue weighted by atomic mass is 10.00. The first-order valence-electron chi connectivity index (χ1n) is 14.3. The topological polar surface area (TPSA) is 174 Å². The summed E-state index contributed by atoms with van der Waals surface area (Å²) in [5.41, 5.74) is 3.85. The molecule has 2 aliphatic rings. The summed E-state index contributed by atoms with van der Waals surface area (Å²) in [6, 6.07) is 14.0. The second-order valence-electron chi connectivity index (χ2n) is 10.6. The lowest BCUT2D eigenvalue weighted by Gasteiger charge is -2.15. The van der Waals surface area contributed by atoms with Crippen LogP contribution in [0.5, 0.6) is 11.8 Å². The first-order valence-corrected chi connectivity index (χ1v) is 14.7. The van der Waals surface area contributed by atoms with Gasteiger partial charge in [0.25, 0.3) is 11.9 Å². The summed E-state index contributed by atoms with van der Waals surface area (Å²) in [5, 5.41) is 23.8. The molecular weight excluding hydrogens is 608 g/mol. The minimum atomic E-state index is -0.673. The Morgan fingerprint density at radius 2 is 1.80 bits per heavy atom. The van der Waals surface area contributed by atoms with Crippen LogP contribution in [0.2, 0.25) is 5.02 Å². The molecule has 236 valence electrons. The number of hydrogen-bond donors (Lipinski definition) is 4. The number of aliphatic hydroxyl groups is 1. The standard InChI is InChI=1S/C31H31ClN4O9/c1-16(37)42-11-10-41-9-8-33-30(40)19-6-7-20(23(38)12-19)17-2-4-18(5-3-17)26-21(32)13-22-29(35-26)36-31(34-22)45-25-15-44-27-24(39)14-43-28(25)27/h2-7,12-13,24-25,27-28,38-39H,8-11,14-15H2,1H3,(H,33,40)(H,34,35,36)/t24-,25-,27-,28-/m1/s1. The van der Waals surface area contributed by atoms with E-state index in [4.69, 9.17) is 35.3 Å². The van der Waals surface area contributed by atoms with Crippen molar-refractivity contribution in [2.24, 2.45) is 0 Å². The molecule has 2 fully saturated rings. The number of carbonyl (C=O) groups is 2. The zero-order valence-corrected chi connectivity index (χ0v) is 25.0. The van der Waals surface area contributed by atoms with Crippen LogP contribution in [0.1, 0.15) is 17.3 Å². The fourth-order valence-electron chi connectivity index (χ4n) is 5.25. The molecule has 2 aromatic carbocycles. The molecule has 0 saturated carbocycles. The molecule has 0 bridgehead atoms. The molecular formula is C31H31ClN4O9. The van der Waals surface area contributed by atoms with Crippen LogP contribution >= 0.6 is 11.6 Å². The van der Waals surface area contributed by atoms with Gasteiger partial charge in [0.1, 0.15) is 30.7 Å². The number of phenolic OH excluding ortho intramolecular Hbond substituents is 1. The number of aromatic nitrogens is 3. The monoisotopic (exact) mass is 638 g/mol. The van der Waals surface area contributed by atoms with Gasteiger partial charge in [0.15, 0.2) is 11.8 Å². The fraction of sp³-hybridized carbons (Fsp3) is 0.355. The molecule has 45 heavy (non-hydrogen) atoms. The number of imidazole rings is 1. The predicted molar refractivity (Wildman–Crippen MR) is 161 cm³/mol. The highest BCUT2D eigenvalue weighted by Gasteiger charge is 2.48. The van der Waals surface area contributed by atoms with Gasteiger partial charge >= 0.3 is 5.97 Å². The molecule has 0 spiro atoms. The first kappa shape index (κ1) is 30.7. The number of pyridine rings is 1. The highest BCUT2D eigenvalue weighted by Crippen LogP contribution is 2.35. The zero-order valence-electron chi connectivity index (χ0n) is 24.2. The Morgan fingerprint density at radius 1 is 1.02 bits per heavy atom. The molecule has 0 radical (unpaired) electrons. The van der Waals surface area contributed by atoms with E-state index in [1.165, 1.54) is 13.0 Å². The van der Waals surface area contributed by atoms with Crippen molar-refractivity contribution in [3.8, 4) is 34.1 Å². The zero-order chi connectivity index (χ0) is 31.5. The SMILES string of the molecule is CC(=O)OCCOCCNC(=O)c1ccc(-c2ccc(-c3nc4nc(O[C@@H]5CO[C@H]6[C@@H]5OC[C@H]6O)[nH]c4cc3Cl)cc2)c(O)c1. The maximum absolute atomic E-state index is 12.5. The molecule has 13 nitrogen and oxygen atoms in total. The van der Waals surface area contributed by atoms with E-state index in [-0.39, 0.29) is 69.3 Å². The van der Waals surface area contributed by atoms with Crippen LogP contribution in [0, 0.1) is 0 Å². The Bertz CT molecular complexity index is 1700. The molecule has 0 unspecified atom stereocenters. The largest absolute Gasteiger partial charge is 0.507 e. The van der Waals surface area contributed by atoms with Crippen molar-refractivity contribution >= 4 is 34.6 Å². The van der Waals surface area contributed by atoms with Gasteiger partial charge in [0.2, 0.25) is 0 Å². The van der Waals surface area contributed by atoms with Crippen LogP contribution in [-0.2, 0) is 23.7 Å². The Labute approximate surface area is 262 Å². The number of rotatable bonds is 11. The van der Waals surface area contributed by atoms with Gasteiger partial charge in [-0.15, -0.1) is 0 Å². The van der Waals surface area contributed by atoms with Gasteiger partial charge in [-0.1, -0.05) is 35.9 Å². The summed E-state index contributed by atoms with van der Waals surface area (Å²) in [7, 11) is 0. The smallest absolute Gasteiger partial charge is 0.302 e. The Morgan fingerprint density at radius 3 is 2.58 bits per heavy atom. The third-order valence-corrected chi connectivity index (χ3v) is 7.73. The minimum absolute atomic E-state index is 0.0499. The van der Waals surface area contributed by atoms with Crippen molar-refractivity contribution in [1.82, 2.24) is 20.3 Å². The van der Waals surface area contributed by atoms with E-state index >= 15 is 0 Å². The van der Waals surface area contributed by atoms with Crippen LogP contribution in [0.4, 0.5) is 0 Å². The first-order chi connectivity index (χ1) is 21.8. The van der Waals surface area contributed by atoms with E-state index < -0.39 is 18.3 Å². The molecule has 4 heterocycles. The third kappa shape index (κ3) is 6.87. The van der Waals surface area contributed by atoms with E-state index in [0.717, 1.165) is 11.1 Å². The lowest BCUT2D eigenvalue weighted by Crippen LogP contribution is -2.34. The molecule has 2 aliphatic heterocycles. The molecule has 1 amide bonds. The summed E-state index contributed by atoms with van der Waals surface area (Å²) in [6.45, 7) is 2.70. The number of esters is 1. The van der Waals surface area contributed by atoms with Crippen molar-refractivity contribution < 1.29 is 43.5 Å². The van der Waals surface area contributed by atoms with Crippen LogP contribution < -0.4 is 10.1 Å². The quantitative estimate of drug-likeness (QED) is 0.140. The van der Waals surface area contributed by atoms with Crippen LogP contribution in [-0.4, -0.2) is 101 Å². The number of aliphatic hydroxyl groups excluding tert-OH is 1. The van der Waals surface area contributed by atoms with Crippen molar-refractivity contribution in [3.05, 3.63) is 59.1 Å². The van der Waals surface area contributed by atoms with E-state index in [1.807, 2.05) is 24.3 Å². The van der Waals surface area contributed by atoms with Crippen molar-refractivity contribution in [1.29, 1.82) is 0 Å². The van der Waals surface area contributed by atoms with Gasteiger partial charge in [0, 0.05) is 30.2 Å². The van der Waals surface area contributed by atoms with E-state index in [9.17, 15) is 19.8 Å². The van der Waals surface area contributed by atoms with E-state index in [1.54, 1.807) is 18.2 Å². The van der Waals surface area contributed by atoms with Crippen molar-refractivity contribution in [2.45, 2.75) is 31.3 Å². The molecule has 4 N–H and O–H groups in total. The average Bonchev–Trinajstić information content (AvgIpc) is 3.72. The molecule has 2 saturated heterocycles. The number of nitrogens with zero attached hydrogens (tertiary/aromatic N) is 2. The van der Waals surface area contributed by atoms with Gasteiger partial charge in [-0.05, 0) is 29.8 Å². The number of amides is 1. The number of carbonyl (C=O) groups excluding carboxylic acids is 2. The average molecular weight is 639 g/mol. The number of hydrogen-bond acceptors (Lipinski definition) is 11. The molecule has 14 heteroatoms. The highest BCUT2D eigenvalue weighted by molar-refractivity contribution is 6.33. The van der Waals surface area contributed by atoms with Gasteiger partial charge in [-0.3, -0.25) is 9.59 Å². The fourth-order valence-corrected chi connectivity index (χ4v) is 5.51. The highest BCUT2D eigenvalue weighted by atomic mass is 35.5. The number of phenols is 1. The number of ether oxygens (including phenoxy) is 5. The number of halogens is 1. The minimum Gasteiger partial charge on any atom is -0.507 e. The molecule has 4 atom stereocenters. The second kappa shape index (κ2) is 13.4. The Balaban J connectivity index is 1.08. The predicted octanol–water partition coefficient (Wildman–Crippen LogP) is 2.87. The number of aromatic amines is 1. The summed E-state index contributed by atoms with van der Waals surface area (Å²) in [6.07, 6.45) is -1.87. The van der Waals surface area contributed by atoms with E-state index in [0.29, 0.717) is 33.0 Å². The maximum Gasteiger partial charge on any atom is 0.302 e. The van der Waals surface area contributed by atoms with Gasteiger partial charge in [-0.2, -0.15) is 4.98 Å². The molecule has 2 aromatic heterocycles. The number of benzene rings is 2. The second-order valence-corrected chi connectivity index (χ2v) is 11.0. The summed E-state index contributed by atoms with van der Waals surface area (Å²) >= 11 is 6.59. The summed E-state index contributed by atoms with van der Waals surface area (Å²) in [4.78, 5) is 35.4. The van der Waals surface area contributed by atoms with Crippen LogP contribution in [0.25, 0.3) is 33.5 Å². The van der Waals surface area contributed by atoms with E-state index in [2.05, 4.69) is 20.3 Å². The molecule has 4 aromatic rings. The summed E-state index contributed by atoms with van der Waals surface area (Å²) in [5.74, 6) is -0.783. The number of aromatic hydroxyl groups is 1. The van der Waals surface area contributed by atoms with Crippen LogP contribution in [0.15, 0.2) is 48.5 Å². The lowest BCUT2D eigenvalue weighted by molar-refractivity contribution is -0.142. The van der Waals surface area contributed by atoms with Crippen LogP contribution in [0.3, 0.4) is 0 Å². The molecule has 0 aliphatic carbocycles. The van der Waals surface area contributed by atoms with Gasteiger partial charge in [0.05, 0.1) is 42.7 Å². The Hall–Kier alpha value is -4.27. The maximum atomic E-state index is 12.5. The number of fused-ring (bicyclic) bond motifs is 2. The third-order valence-electron chi connectivity index (χ3n) is 7.44. The van der Waals surface area contributed by atoms with Gasteiger partial charge < -0.3 is 44.2 Å². The normalized spacial score (nSPS) is 20.7. The summed E-state index contributed by atoms with van der Waals surface area (Å²) < 4.78 is 27.3. The Kier molecular flexibility index (Phi) is 9.14. The number of H-pyrrole nitrogens is 1.